The summed E-state index contributed by atoms with van der Waals surface area (Å²) in [7, 11) is 0. The number of hydrogen-bond donors (Lipinski definition) is 1. The Morgan fingerprint density at radius 3 is 2.67 bits per heavy atom. The quantitative estimate of drug-likeness (QED) is 0.812. The first-order valence-corrected chi connectivity index (χ1v) is 8.02. The number of carbonyl (C=O) groups is 1. The van der Waals surface area contributed by atoms with E-state index < -0.39 is 5.97 Å². The topological polar surface area (TPSA) is 40.5 Å². The van der Waals surface area contributed by atoms with Crippen LogP contribution in [0.4, 0.5) is 0 Å². The van der Waals surface area contributed by atoms with Crippen molar-refractivity contribution in [1.82, 2.24) is 4.90 Å². The second kappa shape index (κ2) is 6.15. The Balaban J connectivity index is 1.77. The first-order chi connectivity index (χ1) is 10.1. The molecule has 21 heavy (non-hydrogen) atoms. The van der Waals surface area contributed by atoms with Crippen LogP contribution in [0.1, 0.15) is 27.0 Å². The zero-order valence-corrected chi connectivity index (χ0v) is 13.7. The van der Waals surface area contributed by atoms with Crippen molar-refractivity contribution in [3.05, 3.63) is 68.3 Å². The van der Waals surface area contributed by atoms with Gasteiger partial charge in [0.25, 0.3) is 0 Å². The third-order valence-corrected chi connectivity index (χ3v) is 4.61. The molecule has 1 aliphatic heterocycles. The molecule has 0 amide bonds. The fraction of sp³-hybridized carbons (Fsp3) is 0.235. The van der Waals surface area contributed by atoms with Crippen molar-refractivity contribution in [3.63, 3.8) is 0 Å². The van der Waals surface area contributed by atoms with Gasteiger partial charge in [0.2, 0.25) is 0 Å². The van der Waals surface area contributed by atoms with Crippen molar-refractivity contribution in [1.29, 1.82) is 0 Å². The van der Waals surface area contributed by atoms with E-state index in [4.69, 9.17) is 0 Å². The molecule has 0 unspecified atom stereocenters. The summed E-state index contributed by atoms with van der Waals surface area (Å²) < 4.78 is 1.24. The lowest BCUT2D eigenvalue weighted by Gasteiger charge is -2.29. The van der Waals surface area contributed by atoms with Crippen LogP contribution in [0, 0.1) is 3.57 Å². The Morgan fingerprint density at radius 2 is 1.95 bits per heavy atom. The highest BCUT2D eigenvalue weighted by atomic mass is 127. The number of aromatic carboxylic acids is 1. The Labute approximate surface area is 137 Å². The molecule has 0 bridgehead atoms. The van der Waals surface area contributed by atoms with Gasteiger partial charge in [0, 0.05) is 23.2 Å². The van der Waals surface area contributed by atoms with Crippen LogP contribution in [0.2, 0.25) is 0 Å². The molecule has 0 saturated carbocycles. The molecule has 0 aliphatic carbocycles. The van der Waals surface area contributed by atoms with Crippen molar-refractivity contribution in [2.45, 2.75) is 19.5 Å². The highest BCUT2D eigenvalue weighted by Gasteiger charge is 2.21. The summed E-state index contributed by atoms with van der Waals surface area (Å²) in [6, 6.07) is 14.1. The van der Waals surface area contributed by atoms with Crippen LogP contribution in [0.5, 0.6) is 0 Å². The molecular weight excluding hydrogens is 377 g/mol. The van der Waals surface area contributed by atoms with E-state index in [2.05, 4.69) is 51.8 Å². The molecule has 1 heterocycles. The van der Waals surface area contributed by atoms with Crippen molar-refractivity contribution < 1.29 is 9.90 Å². The number of rotatable bonds is 3. The number of hydrogen-bond acceptors (Lipinski definition) is 2. The predicted octanol–water partition coefficient (Wildman–Crippen LogP) is 3.55. The van der Waals surface area contributed by atoms with Crippen LogP contribution >= 0.6 is 22.6 Å². The third kappa shape index (κ3) is 3.27. The summed E-state index contributed by atoms with van der Waals surface area (Å²) in [6.45, 7) is 2.64. The van der Waals surface area contributed by atoms with Gasteiger partial charge in [-0.05, 0) is 63.9 Å². The minimum absolute atomic E-state index is 0.460. The number of carboxylic acids is 1. The van der Waals surface area contributed by atoms with E-state index in [0.29, 0.717) is 5.56 Å². The maximum Gasteiger partial charge on any atom is 0.335 e. The van der Waals surface area contributed by atoms with Gasteiger partial charge in [0.15, 0.2) is 0 Å². The Bertz CT molecular complexity index is 667. The summed E-state index contributed by atoms with van der Waals surface area (Å²) in [5.41, 5.74) is 3.91. The highest BCUT2D eigenvalue weighted by Crippen LogP contribution is 2.24. The number of benzene rings is 2. The molecule has 3 rings (SSSR count). The molecule has 1 N–H and O–H groups in total. The molecule has 3 nitrogen and oxygen atoms in total. The molecule has 4 heteroatoms. The van der Waals surface area contributed by atoms with Crippen molar-refractivity contribution in [3.8, 4) is 0 Å². The van der Waals surface area contributed by atoms with E-state index >= 15 is 0 Å². The first kappa shape index (κ1) is 14.5. The van der Waals surface area contributed by atoms with E-state index in [1.165, 1.54) is 9.13 Å². The van der Waals surface area contributed by atoms with Crippen LogP contribution in [0.3, 0.4) is 0 Å². The molecule has 108 valence electrons. The van der Waals surface area contributed by atoms with Crippen LogP contribution in [0.25, 0.3) is 0 Å². The molecule has 0 aromatic heterocycles. The van der Waals surface area contributed by atoms with Crippen LogP contribution in [-0.4, -0.2) is 22.5 Å². The van der Waals surface area contributed by atoms with E-state index in [0.717, 1.165) is 37.2 Å². The fourth-order valence-electron chi connectivity index (χ4n) is 2.85. The van der Waals surface area contributed by atoms with Crippen molar-refractivity contribution in [2.75, 3.05) is 6.54 Å². The van der Waals surface area contributed by atoms with Gasteiger partial charge < -0.3 is 5.11 Å². The summed E-state index contributed by atoms with van der Waals surface area (Å²) in [6.07, 6.45) is 0.808. The summed E-state index contributed by atoms with van der Waals surface area (Å²) in [5.74, 6) is -0.821. The number of fused-ring (bicyclic) bond motifs is 1. The molecule has 0 radical (unpaired) electrons. The van der Waals surface area contributed by atoms with Gasteiger partial charge in [0.1, 0.15) is 0 Å². The van der Waals surface area contributed by atoms with Gasteiger partial charge in [-0.3, -0.25) is 4.90 Å². The summed E-state index contributed by atoms with van der Waals surface area (Å²) in [4.78, 5) is 13.6. The normalized spacial score (nSPS) is 14.7. The maximum atomic E-state index is 11.3. The smallest absolute Gasteiger partial charge is 0.335 e. The number of carboxylic acid groups (broad SMARTS) is 1. The second-order valence-corrected chi connectivity index (χ2v) is 6.58. The van der Waals surface area contributed by atoms with E-state index in [1.807, 2.05) is 12.1 Å². The van der Waals surface area contributed by atoms with Gasteiger partial charge >= 0.3 is 5.97 Å². The first-order valence-electron chi connectivity index (χ1n) is 6.94. The third-order valence-electron chi connectivity index (χ3n) is 3.89. The van der Waals surface area contributed by atoms with E-state index in [1.54, 1.807) is 6.07 Å². The van der Waals surface area contributed by atoms with Gasteiger partial charge in [-0.25, -0.2) is 4.79 Å². The molecule has 0 spiro atoms. The van der Waals surface area contributed by atoms with Crippen LogP contribution in [-0.2, 0) is 19.5 Å². The van der Waals surface area contributed by atoms with Crippen LogP contribution < -0.4 is 0 Å². The monoisotopic (exact) mass is 393 g/mol. The molecular formula is C17H16INO2. The molecule has 0 fully saturated rings. The lowest BCUT2D eigenvalue weighted by Crippen LogP contribution is -2.31. The summed E-state index contributed by atoms with van der Waals surface area (Å²) in [5, 5.41) is 9.25. The fourth-order valence-corrected chi connectivity index (χ4v) is 3.21. The van der Waals surface area contributed by atoms with Gasteiger partial charge in [-0.1, -0.05) is 24.3 Å². The summed E-state index contributed by atoms with van der Waals surface area (Å²) >= 11 is 2.31. The maximum absolute atomic E-state index is 11.3. The standard InChI is InChI=1S/C17H16INO2/c18-14-6-4-12(5-7-14)10-19-9-8-15-13(11-19)2-1-3-16(15)17(20)21/h1-7H,8-11H2,(H,20,21). The number of halogens is 1. The lowest BCUT2D eigenvalue weighted by atomic mass is 9.94. The molecule has 2 aromatic carbocycles. The molecule has 0 saturated heterocycles. The number of nitrogens with zero attached hydrogens (tertiary/aromatic N) is 1. The molecule has 1 aliphatic rings. The Kier molecular flexibility index (Phi) is 4.26. The minimum atomic E-state index is -0.821. The van der Waals surface area contributed by atoms with E-state index in [-0.39, 0.29) is 0 Å². The Hall–Kier alpha value is -1.40. The zero-order valence-electron chi connectivity index (χ0n) is 11.6. The lowest BCUT2D eigenvalue weighted by molar-refractivity contribution is 0.0694. The van der Waals surface area contributed by atoms with Gasteiger partial charge in [-0.15, -0.1) is 0 Å². The zero-order chi connectivity index (χ0) is 14.8. The average Bonchev–Trinajstić information content (AvgIpc) is 2.48. The molecule has 2 aromatic rings. The van der Waals surface area contributed by atoms with Gasteiger partial charge in [-0.2, -0.15) is 0 Å². The molecule has 0 atom stereocenters. The Morgan fingerprint density at radius 1 is 1.19 bits per heavy atom. The van der Waals surface area contributed by atoms with E-state index in [9.17, 15) is 9.90 Å². The van der Waals surface area contributed by atoms with Crippen LogP contribution in [0.15, 0.2) is 42.5 Å². The average molecular weight is 393 g/mol. The van der Waals surface area contributed by atoms with Crippen molar-refractivity contribution in [2.24, 2.45) is 0 Å². The van der Waals surface area contributed by atoms with Crippen molar-refractivity contribution >= 4 is 28.6 Å². The second-order valence-electron chi connectivity index (χ2n) is 5.34. The van der Waals surface area contributed by atoms with Gasteiger partial charge in [0.05, 0.1) is 5.56 Å². The highest BCUT2D eigenvalue weighted by molar-refractivity contribution is 14.1. The predicted molar refractivity (Wildman–Crippen MR) is 90.4 cm³/mol. The largest absolute Gasteiger partial charge is 0.478 e. The SMILES string of the molecule is O=C(O)c1cccc2c1CCN(Cc1ccc(I)cc1)C2. The minimum Gasteiger partial charge on any atom is -0.478 e.